The van der Waals surface area contributed by atoms with Crippen molar-refractivity contribution in [3.05, 3.63) is 117 Å². The Balaban J connectivity index is 0.000000676. The fraction of sp³-hybridized carbons (Fsp3) is 0.147. The van der Waals surface area contributed by atoms with Gasteiger partial charge in [-0.3, -0.25) is 19.2 Å². The number of hydrogen-bond donors (Lipinski definition) is 9. The number of anilines is 1. The van der Waals surface area contributed by atoms with Gasteiger partial charge in [0.2, 0.25) is 0 Å². The molecule has 9 N–H and O–H groups in total. The summed E-state index contributed by atoms with van der Waals surface area (Å²) < 4.78 is 0.437. The number of likely N-dealkylation sites (N-methyl/N-ethyl adjacent to an activating group) is 1. The molecule has 1 unspecified atom stereocenters. The Morgan fingerprint density at radius 3 is 1.81 bits per heavy atom. The van der Waals surface area contributed by atoms with Gasteiger partial charge in [0.25, 0.3) is 0 Å². The molecule has 0 bridgehead atoms. The molecule has 0 aliphatic heterocycles. The zero-order valence-corrected chi connectivity index (χ0v) is 29.4. The molecule has 278 valence electrons. The average molecular weight is 810 g/mol. The van der Waals surface area contributed by atoms with E-state index in [1.807, 2.05) is 36.4 Å². The lowest BCUT2D eigenvalue weighted by atomic mass is 10.1. The summed E-state index contributed by atoms with van der Waals surface area (Å²) in [7, 11) is 1.40. The van der Waals surface area contributed by atoms with Crippen LogP contribution in [0.15, 0.2) is 89.4 Å². The molecule has 0 amide bonds. The third kappa shape index (κ3) is 19.8. The topological polar surface area (TPSA) is 285 Å². The SMILES string of the molecule is CNC(CC(=O)O)C(=O)O.O=C(O)C=CC=Cc1ccccc1.O=C(O)CNc1ccc(Br)c(Cl)c1C(=O)O.O=C(O)Cc1ccccc1C(=O)O. The number of carboxylic acids is 7. The molecule has 16 nitrogen and oxygen atoms in total. The number of aliphatic carboxylic acids is 5. The summed E-state index contributed by atoms with van der Waals surface area (Å²) in [6.07, 6.45) is 5.48. The first-order chi connectivity index (χ1) is 24.4. The Morgan fingerprint density at radius 1 is 0.750 bits per heavy atom. The molecular formula is C34H34BrClN2O14. The van der Waals surface area contributed by atoms with Crippen molar-refractivity contribution in [2.45, 2.75) is 18.9 Å². The predicted octanol–water partition coefficient (Wildman–Crippen LogP) is 4.78. The van der Waals surface area contributed by atoms with Crippen LogP contribution in [0.2, 0.25) is 5.02 Å². The fourth-order valence-corrected chi connectivity index (χ4v) is 4.06. The van der Waals surface area contributed by atoms with Gasteiger partial charge in [-0.25, -0.2) is 14.4 Å². The minimum atomic E-state index is -1.22. The van der Waals surface area contributed by atoms with Gasteiger partial charge in [0.1, 0.15) is 18.2 Å². The molecule has 0 spiro atoms. The van der Waals surface area contributed by atoms with Crippen LogP contribution in [-0.2, 0) is 30.4 Å². The van der Waals surface area contributed by atoms with Crippen molar-refractivity contribution < 1.29 is 69.3 Å². The Morgan fingerprint density at radius 2 is 1.35 bits per heavy atom. The van der Waals surface area contributed by atoms with Crippen LogP contribution in [0.3, 0.4) is 0 Å². The number of carboxylic acid groups (broad SMARTS) is 7. The van der Waals surface area contributed by atoms with Crippen LogP contribution in [0, 0.1) is 0 Å². The number of allylic oxidation sites excluding steroid dienone is 2. The summed E-state index contributed by atoms with van der Waals surface area (Å²) in [5, 5.41) is 64.2. The molecule has 0 fully saturated rings. The highest BCUT2D eigenvalue weighted by Gasteiger charge is 2.18. The lowest BCUT2D eigenvalue weighted by Gasteiger charge is -2.10. The first kappa shape index (κ1) is 46.0. The zero-order chi connectivity index (χ0) is 39.8. The van der Waals surface area contributed by atoms with E-state index < -0.39 is 54.2 Å². The Bertz CT molecular complexity index is 1760. The second-order valence-electron chi connectivity index (χ2n) is 9.61. The third-order valence-electron chi connectivity index (χ3n) is 5.79. The van der Waals surface area contributed by atoms with Gasteiger partial charge in [-0.05, 0) is 52.3 Å². The Hall–Kier alpha value is -6.04. The van der Waals surface area contributed by atoms with E-state index in [1.54, 1.807) is 24.3 Å². The minimum Gasteiger partial charge on any atom is -0.481 e. The maximum absolute atomic E-state index is 10.9. The molecule has 0 heterocycles. The number of rotatable bonds is 14. The Kier molecular flexibility index (Phi) is 22.1. The standard InChI is InChI=1S/C11H10O2.C9H7BrClNO4.C9H8O4.C5H9NO4/c12-11(13)9-5-4-8-10-6-2-1-3-7-10;10-4-1-2-5(12-3-6(13)14)7(8(4)11)9(15)16;10-8(11)5-6-3-1-2-4-7(6)9(12)13;1-6-3(5(9)10)2-4(7)8/h1-9H,(H,12,13);1-2,12H,3H2,(H,13,14)(H,15,16);1-4H,5H2,(H,10,11)(H,12,13);3,6H,2H2,1H3,(H,7,8)(H,9,10). The molecule has 0 aliphatic carbocycles. The fourth-order valence-electron chi connectivity index (χ4n) is 3.48. The van der Waals surface area contributed by atoms with Crippen molar-refractivity contribution in [3.8, 4) is 0 Å². The molecule has 3 rings (SSSR count). The number of hydrogen-bond acceptors (Lipinski definition) is 9. The van der Waals surface area contributed by atoms with Crippen molar-refractivity contribution >= 4 is 81.1 Å². The molecule has 52 heavy (non-hydrogen) atoms. The molecule has 3 aromatic rings. The van der Waals surface area contributed by atoms with Crippen molar-refractivity contribution in [2.24, 2.45) is 0 Å². The smallest absolute Gasteiger partial charge is 0.339 e. The summed E-state index contributed by atoms with van der Waals surface area (Å²) in [5.41, 5.74) is 1.44. The van der Waals surface area contributed by atoms with E-state index in [0.717, 1.165) is 11.6 Å². The molecule has 1 atom stereocenters. The quantitative estimate of drug-likeness (QED) is 0.0782. The monoisotopic (exact) mass is 808 g/mol. The number of nitrogens with one attached hydrogen (secondary N) is 2. The highest BCUT2D eigenvalue weighted by molar-refractivity contribution is 9.10. The van der Waals surface area contributed by atoms with Gasteiger partial charge in [-0.2, -0.15) is 0 Å². The maximum Gasteiger partial charge on any atom is 0.339 e. The first-order valence-corrected chi connectivity index (χ1v) is 15.5. The van der Waals surface area contributed by atoms with Crippen molar-refractivity contribution in [1.29, 1.82) is 0 Å². The highest BCUT2D eigenvalue weighted by Crippen LogP contribution is 2.31. The van der Waals surface area contributed by atoms with Gasteiger partial charge >= 0.3 is 41.8 Å². The van der Waals surface area contributed by atoms with E-state index in [4.69, 9.17) is 47.3 Å². The largest absolute Gasteiger partial charge is 0.481 e. The number of benzene rings is 3. The van der Waals surface area contributed by atoms with Gasteiger partial charge in [-0.1, -0.05) is 78.4 Å². The van der Waals surface area contributed by atoms with Gasteiger partial charge in [0.05, 0.1) is 29.1 Å². The second-order valence-corrected chi connectivity index (χ2v) is 10.8. The van der Waals surface area contributed by atoms with E-state index in [-0.39, 0.29) is 34.8 Å². The minimum absolute atomic E-state index is 0.0305. The number of aromatic carboxylic acids is 2. The maximum atomic E-state index is 10.9. The van der Waals surface area contributed by atoms with Crippen LogP contribution in [0.5, 0.6) is 0 Å². The lowest BCUT2D eigenvalue weighted by Crippen LogP contribution is -2.35. The summed E-state index contributed by atoms with van der Waals surface area (Å²) in [6.45, 7) is -0.377. The van der Waals surface area contributed by atoms with Crippen molar-refractivity contribution in [1.82, 2.24) is 5.32 Å². The van der Waals surface area contributed by atoms with Crippen LogP contribution in [0.1, 0.15) is 38.3 Å². The lowest BCUT2D eigenvalue weighted by molar-refractivity contribution is -0.145. The second kappa shape index (κ2) is 25.0. The summed E-state index contributed by atoms with van der Waals surface area (Å²) >= 11 is 8.88. The van der Waals surface area contributed by atoms with E-state index in [0.29, 0.717) is 10.0 Å². The number of halogens is 2. The van der Waals surface area contributed by atoms with Crippen LogP contribution in [-0.4, -0.2) is 97.2 Å². The van der Waals surface area contributed by atoms with E-state index in [2.05, 4.69) is 26.6 Å². The van der Waals surface area contributed by atoms with E-state index >= 15 is 0 Å². The van der Waals surface area contributed by atoms with E-state index in [9.17, 15) is 33.6 Å². The van der Waals surface area contributed by atoms with Gasteiger partial charge in [0, 0.05) is 10.5 Å². The normalized spacial score (nSPS) is 10.6. The van der Waals surface area contributed by atoms with Crippen LogP contribution in [0.25, 0.3) is 6.08 Å². The third-order valence-corrected chi connectivity index (χ3v) is 7.07. The molecule has 0 saturated carbocycles. The molecule has 18 heteroatoms. The van der Waals surface area contributed by atoms with Crippen LogP contribution in [0.4, 0.5) is 5.69 Å². The predicted molar refractivity (Wildman–Crippen MR) is 192 cm³/mol. The van der Waals surface area contributed by atoms with Crippen LogP contribution < -0.4 is 10.6 Å². The van der Waals surface area contributed by atoms with Crippen molar-refractivity contribution in [2.75, 3.05) is 18.9 Å². The summed E-state index contributed by atoms with van der Waals surface area (Å²) in [5.74, 6) is -7.65. The highest BCUT2D eigenvalue weighted by atomic mass is 79.9. The van der Waals surface area contributed by atoms with E-state index in [1.165, 1.54) is 31.3 Å². The Labute approximate surface area is 309 Å². The molecule has 0 saturated heterocycles. The zero-order valence-electron chi connectivity index (χ0n) is 27.1. The molecule has 3 aromatic carbocycles. The molecule has 0 radical (unpaired) electrons. The average Bonchev–Trinajstić information content (AvgIpc) is 3.07. The van der Waals surface area contributed by atoms with Gasteiger partial charge in [-0.15, -0.1) is 0 Å². The molecule has 0 aliphatic rings. The van der Waals surface area contributed by atoms with Gasteiger partial charge < -0.3 is 46.4 Å². The first-order valence-electron chi connectivity index (χ1n) is 14.4. The molecule has 0 aromatic heterocycles. The van der Waals surface area contributed by atoms with Crippen molar-refractivity contribution in [3.63, 3.8) is 0 Å². The molecular weight excluding hydrogens is 776 g/mol. The van der Waals surface area contributed by atoms with Crippen LogP contribution >= 0.6 is 27.5 Å². The number of carbonyl (C=O) groups is 7. The summed E-state index contributed by atoms with van der Waals surface area (Å²) in [6, 6.07) is 17.8. The van der Waals surface area contributed by atoms with Gasteiger partial charge in [0.15, 0.2) is 0 Å². The summed E-state index contributed by atoms with van der Waals surface area (Å²) in [4.78, 5) is 72.5.